The number of allylic oxidation sites excluding steroid dienone is 2. The summed E-state index contributed by atoms with van der Waals surface area (Å²) in [6.45, 7) is 13.2. The van der Waals surface area contributed by atoms with Gasteiger partial charge < -0.3 is 4.98 Å². The van der Waals surface area contributed by atoms with Gasteiger partial charge in [-0.3, -0.25) is 9.98 Å². The minimum absolute atomic E-state index is 0.988. The average molecular weight is 410 g/mol. The topological polar surface area (TPSA) is 41.0 Å². The third kappa shape index (κ3) is 3.69. The van der Waals surface area contributed by atoms with Crippen molar-refractivity contribution in [3.05, 3.63) is 93.6 Å². The zero-order valence-electron chi connectivity index (χ0n) is 19.4. The minimum Gasteiger partial charge on any atom is -0.358 e. The zero-order chi connectivity index (χ0) is 22.1. The summed E-state index contributed by atoms with van der Waals surface area (Å²) in [5.74, 6) is 0. The van der Waals surface area contributed by atoms with Gasteiger partial charge in [0.1, 0.15) is 0 Å². The fourth-order valence-electron chi connectivity index (χ4n) is 4.81. The molecule has 3 aromatic rings. The Hall–Kier alpha value is -3.20. The molecule has 2 aromatic heterocycles. The second kappa shape index (κ2) is 8.50. The summed E-state index contributed by atoms with van der Waals surface area (Å²) >= 11 is 0. The van der Waals surface area contributed by atoms with Crippen molar-refractivity contribution in [1.82, 2.24) is 9.97 Å². The number of hydrogen-bond acceptors (Lipinski definition) is 2. The monoisotopic (exact) mass is 409 g/mol. The molecular weight excluding hydrogens is 378 g/mol. The molecule has 31 heavy (non-hydrogen) atoms. The minimum atomic E-state index is 0.988. The summed E-state index contributed by atoms with van der Waals surface area (Å²) in [4.78, 5) is 13.2. The van der Waals surface area contributed by atoms with E-state index in [4.69, 9.17) is 4.99 Å². The number of hydrogen-bond donors (Lipinski definition) is 1. The first-order chi connectivity index (χ1) is 15.0. The van der Waals surface area contributed by atoms with Gasteiger partial charge in [0.05, 0.1) is 17.1 Å². The SMILES string of the molecule is CCC1=C(C)C(=C(c2ccc(-c3ccccn3)cc2)c2[nH]c(C)c(CC)c2C)N=C1C. The number of aromatic nitrogens is 2. The number of rotatable bonds is 5. The van der Waals surface area contributed by atoms with Crippen LogP contribution < -0.4 is 0 Å². The molecule has 4 rings (SSSR count). The van der Waals surface area contributed by atoms with Crippen LogP contribution in [0.5, 0.6) is 0 Å². The van der Waals surface area contributed by atoms with E-state index in [0.717, 1.165) is 35.5 Å². The maximum Gasteiger partial charge on any atom is 0.0764 e. The molecule has 1 aliphatic rings. The third-order valence-electron chi connectivity index (χ3n) is 6.45. The van der Waals surface area contributed by atoms with E-state index in [1.54, 1.807) is 0 Å². The fourth-order valence-corrected chi connectivity index (χ4v) is 4.81. The summed E-state index contributed by atoms with van der Waals surface area (Å²) < 4.78 is 0. The Morgan fingerprint density at radius 2 is 1.65 bits per heavy atom. The van der Waals surface area contributed by atoms with E-state index >= 15 is 0 Å². The van der Waals surface area contributed by atoms with Gasteiger partial charge in [-0.25, -0.2) is 0 Å². The highest BCUT2D eigenvalue weighted by Gasteiger charge is 2.24. The summed E-state index contributed by atoms with van der Waals surface area (Å²) in [5, 5.41) is 0. The molecule has 3 heterocycles. The van der Waals surface area contributed by atoms with Crippen molar-refractivity contribution in [3.63, 3.8) is 0 Å². The lowest BCUT2D eigenvalue weighted by atomic mass is 9.92. The van der Waals surface area contributed by atoms with Crippen molar-refractivity contribution in [1.29, 1.82) is 0 Å². The number of aryl methyl sites for hydroxylation is 1. The molecule has 158 valence electrons. The van der Waals surface area contributed by atoms with Gasteiger partial charge in [-0.1, -0.05) is 44.2 Å². The van der Waals surface area contributed by atoms with Gasteiger partial charge in [0.25, 0.3) is 0 Å². The van der Waals surface area contributed by atoms with Crippen LogP contribution >= 0.6 is 0 Å². The number of pyridine rings is 1. The number of aromatic amines is 1. The van der Waals surface area contributed by atoms with Gasteiger partial charge in [0, 0.05) is 28.7 Å². The average Bonchev–Trinajstić information content (AvgIpc) is 3.23. The van der Waals surface area contributed by atoms with Crippen molar-refractivity contribution in [2.75, 3.05) is 0 Å². The standard InChI is InChI=1S/C28H31N3/c1-7-23-17(3)27(30-19(23)5)26(28-18(4)24(8-2)20(6)31-28)22-14-12-21(13-15-22)25-11-9-10-16-29-25/h9-16,30H,7-8H2,1-6H3. The molecule has 1 N–H and O–H groups in total. The van der Waals surface area contributed by atoms with Crippen molar-refractivity contribution >= 4 is 11.3 Å². The number of H-pyrrole nitrogens is 1. The van der Waals surface area contributed by atoms with E-state index in [2.05, 4.69) is 75.8 Å². The molecule has 0 bridgehead atoms. The molecule has 0 atom stereocenters. The van der Waals surface area contributed by atoms with Crippen LogP contribution in [0.2, 0.25) is 0 Å². The lowest BCUT2D eigenvalue weighted by Gasteiger charge is -2.13. The fraction of sp³-hybridized carbons (Fsp3) is 0.286. The zero-order valence-corrected chi connectivity index (χ0v) is 19.4. The molecule has 0 saturated carbocycles. The van der Waals surface area contributed by atoms with E-state index < -0.39 is 0 Å². The number of nitrogens with zero attached hydrogens (tertiary/aromatic N) is 2. The molecule has 0 amide bonds. The molecule has 0 fully saturated rings. The summed E-state index contributed by atoms with van der Waals surface area (Å²) in [5.41, 5.74) is 14.5. The van der Waals surface area contributed by atoms with Crippen molar-refractivity contribution in [3.8, 4) is 11.3 Å². The molecule has 0 spiro atoms. The maximum atomic E-state index is 5.05. The summed E-state index contributed by atoms with van der Waals surface area (Å²) in [7, 11) is 0. The Morgan fingerprint density at radius 3 is 2.19 bits per heavy atom. The van der Waals surface area contributed by atoms with Gasteiger partial charge in [0.15, 0.2) is 0 Å². The maximum absolute atomic E-state index is 5.05. The second-order valence-corrected chi connectivity index (χ2v) is 8.25. The Kier molecular flexibility index (Phi) is 5.77. The number of benzene rings is 1. The Bertz CT molecular complexity index is 1200. The summed E-state index contributed by atoms with van der Waals surface area (Å²) in [6, 6.07) is 14.8. The van der Waals surface area contributed by atoms with Gasteiger partial charge in [-0.05, 0) is 80.5 Å². The van der Waals surface area contributed by atoms with Crippen LogP contribution in [0.3, 0.4) is 0 Å². The van der Waals surface area contributed by atoms with E-state index in [-0.39, 0.29) is 0 Å². The Balaban J connectivity index is 1.93. The quantitative estimate of drug-likeness (QED) is 0.475. The van der Waals surface area contributed by atoms with Crippen LogP contribution in [0.1, 0.15) is 62.2 Å². The lowest BCUT2D eigenvalue weighted by Crippen LogP contribution is -1.97. The highest BCUT2D eigenvalue weighted by molar-refractivity contribution is 6.05. The molecule has 3 nitrogen and oxygen atoms in total. The van der Waals surface area contributed by atoms with E-state index in [9.17, 15) is 0 Å². The highest BCUT2D eigenvalue weighted by Crippen LogP contribution is 2.39. The lowest BCUT2D eigenvalue weighted by molar-refractivity contribution is 1.08. The number of nitrogens with one attached hydrogen (secondary N) is 1. The molecule has 0 radical (unpaired) electrons. The van der Waals surface area contributed by atoms with Crippen molar-refractivity contribution < 1.29 is 0 Å². The molecule has 3 heteroatoms. The van der Waals surface area contributed by atoms with Crippen molar-refractivity contribution in [2.45, 2.75) is 54.4 Å². The molecular formula is C28H31N3. The van der Waals surface area contributed by atoms with Crippen LogP contribution in [-0.2, 0) is 6.42 Å². The first-order valence-electron chi connectivity index (χ1n) is 11.2. The molecule has 1 aromatic carbocycles. The van der Waals surface area contributed by atoms with Gasteiger partial charge in [-0.15, -0.1) is 0 Å². The van der Waals surface area contributed by atoms with Crippen LogP contribution in [0, 0.1) is 13.8 Å². The number of aliphatic imine (C=N–C) groups is 1. The third-order valence-corrected chi connectivity index (χ3v) is 6.45. The highest BCUT2D eigenvalue weighted by atomic mass is 14.8. The predicted molar refractivity (Wildman–Crippen MR) is 131 cm³/mol. The molecule has 0 saturated heterocycles. The molecule has 1 aliphatic heterocycles. The largest absolute Gasteiger partial charge is 0.358 e. The van der Waals surface area contributed by atoms with Gasteiger partial charge in [0.2, 0.25) is 0 Å². The summed E-state index contributed by atoms with van der Waals surface area (Å²) in [6.07, 6.45) is 3.86. The smallest absolute Gasteiger partial charge is 0.0764 e. The second-order valence-electron chi connectivity index (χ2n) is 8.25. The predicted octanol–water partition coefficient (Wildman–Crippen LogP) is 7.22. The normalized spacial score (nSPS) is 15.5. The Labute approximate surface area is 185 Å². The first kappa shape index (κ1) is 21.0. The van der Waals surface area contributed by atoms with Crippen molar-refractivity contribution in [2.24, 2.45) is 4.99 Å². The van der Waals surface area contributed by atoms with Crippen LogP contribution in [-0.4, -0.2) is 15.7 Å². The van der Waals surface area contributed by atoms with E-state index in [1.807, 2.05) is 24.4 Å². The Morgan fingerprint density at radius 1 is 0.903 bits per heavy atom. The van der Waals surface area contributed by atoms with Crippen LogP contribution in [0.15, 0.2) is 70.5 Å². The molecule has 0 unspecified atom stereocenters. The van der Waals surface area contributed by atoms with Gasteiger partial charge in [-0.2, -0.15) is 0 Å². The van der Waals surface area contributed by atoms with Crippen LogP contribution in [0.25, 0.3) is 16.8 Å². The first-order valence-corrected chi connectivity index (χ1v) is 11.2. The molecule has 0 aliphatic carbocycles. The van der Waals surface area contributed by atoms with E-state index in [1.165, 1.54) is 44.8 Å². The van der Waals surface area contributed by atoms with Gasteiger partial charge >= 0.3 is 0 Å². The van der Waals surface area contributed by atoms with Crippen LogP contribution in [0.4, 0.5) is 0 Å². The van der Waals surface area contributed by atoms with E-state index in [0.29, 0.717) is 0 Å².